The normalized spacial score (nSPS) is 19.2. The van der Waals surface area contributed by atoms with Crippen LogP contribution >= 0.6 is 0 Å². The van der Waals surface area contributed by atoms with E-state index >= 15 is 0 Å². The van der Waals surface area contributed by atoms with E-state index in [9.17, 15) is 19.7 Å². The molecule has 2 aromatic carbocycles. The summed E-state index contributed by atoms with van der Waals surface area (Å²) in [5.74, 6) is -0.932. The number of ether oxygens (including phenoxy) is 3. The number of carbonyl (C=O) groups excluding carboxylic acids is 2. The van der Waals surface area contributed by atoms with Gasteiger partial charge in [-0.15, -0.1) is 0 Å². The van der Waals surface area contributed by atoms with Crippen LogP contribution in [0.2, 0.25) is 0 Å². The van der Waals surface area contributed by atoms with E-state index in [-0.39, 0.29) is 48.7 Å². The average molecular weight is 521 g/mol. The van der Waals surface area contributed by atoms with Crippen LogP contribution in [0.15, 0.2) is 71.1 Å². The molecule has 2 aromatic rings. The number of esters is 1. The van der Waals surface area contributed by atoms with Gasteiger partial charge in [0.15, 0.2) is 5.78 Å². The number of allylic oxidation sites excluding steroid dienone is 3. The lowest BCUT2D eigenvalue weighted by atomic mass is 9.71. The number of nitro benzene ring substituents is 1. The standard InChI is InChI=1S/C29H32N2O7/c1-17(2)37-12-13-38-29(33)26-18(3)30-23-15-20(22-10-5-6-11-25(22)36-4)16-24(32)28(23)27(26)19-8-7-9-21(14-19)31(34)35/h5-11,14,17,20,27,30H,12-13,15-16H2,1-4H3/t20-,27-/m0/s1. The van der Waals surface area contributed by atoms with E-state index in [0.29, 0.717) is 34.7 Å². The van der Waals surface area contributed by atoms with Crippen LogP contribution in [-0.2, 0) is 19.1 Å². The molecule has 9 heteroatoms. The predicted octanol–water partition coefficient (Wildman–Crippen LogP) is 4.93. The van der Waals surface area contributed by atoms with E-state index in [0.717, 1.165) is 5.56 Å². The van der Waals surface area contributed by atoms with Gasteiger partial charge in [0.1, 0.15) is 12.4 Å². The Hall–Kier alpha value is -3.98. The van der Waals surface area contributed by atoms with Crippen LogP contribution in [0.4, 0.5) is 5.69 Å². The molecule has 9 nitrogen and oxygen atoms in total. The number of rotatable bonds is 9. The van der Waals surface area contributed by atoms with Crippen molar-refractivity contribution in [2.45, 2.75) is 51.6 Å². The molecule has 4 rings (SSSR count). The zero-order chi connectivity index (χ0) is 27.4. The molecule has 0 spiro atoms. The van der Waals surface area contributed by atoms with Crippen LogP contribution in [0.3, 0.4) is 0 Å². The van der Waals surface area contributed by atoms with Crippen LogP contribution in [0.25, 0.3) is 0 Å². The van der Waals surface area contributed by atoms with E-state index < -0.39 is 16.8 Å². The van der Waals surface area contributed by atoms with Gasteiger partial charge in [-0.3, -0.25) is 14.9 Å². The van der Waals surface area contributed by atoms with Gasteiger partial charge in [0.05, 0.1) is 30.3 Å². The van der Waals surface area contributed by atoms with Crippen LogP contribution in [0.5, 0.6) is 5.75 Å². The summed E-state index contributed by atoms with van der Waals surface area (Å²) in [5.41, 5.74) is 3.25. The van der Waals surface area contributed by atoms with Crippen molar-refractivity contribution in [3.63, 3.8) is 0 Å². The Bertz CT molecular complexity index is 1310. The summed E-state index contributed by atoms with van der Waals surface area (Å²) >= 11 is 0. The maximum atomic E-state index is 13.8. The highest BCUT2D eigenvalue weighted by Gasteiger charge is 2.42. The molecule has 0 unspecified atom stereocenters. The van der Waals surface area contributed by atoms with Crippen molar-refractivity contribution < 1.29 is 28.7 Å². The topological polar surface area (TPSA) is 117 Å². The fourth-order valence-corrected chi connectivity index (χ4v) is 5.18. The Morgan fingerprint density at radius 3 is 2.61 bits per heavy atom. The molecule has 1 N–H and O–H groups in total. The SMILES string of the molecule is COc1ccccc1[C@@H]1CC(=O)C2=C(C1)NC(C)=C(C(=O)OCCOC(C)C)[C@@H]2c1cccc([N+](=O)[O-])c1. The molecule has 2 atom stereocenters. The smallest absolute Gasteiger partial charge is 0.336 e. The first-order valence-corrected chi connectivity index (χ1v) is 12.6. The van der Waals surface area contributed by atoms with E-state index in [1.807, 2.05) is 38.1 Å². The number of ketones is 1. The van der Waals surface area contributed by atoms with Gasteiger partial charge >= 0.3 is 5.97 Å². The highest BCUT2D eigenvalue weighted by atomic mass is 16.6. The molecule has 0 bridgehead atoms. The molecular weight excluding hydrogens is 488 g/mol. The Labute approximate surface area is 221 Å². The summed E-state index contributed by atoms with van der Waals surface area (Å²) in [6, 6.07) is 13.7. The first kappa shape index (κ1) is 27.1. The molecule has 0 aromatic heterocycles. The van der Waals surface area contributed by atoms with Crippen molar-refractivity contribution in [2.24, 2.45) is 0 Å². The van der Waals surface area contributed by atoms with Gasteiger partial charge < -0.3 is 19.5 Å². The Balaban J connectivity index is 1.74. The number of hydrogen-bond acceptors (Lipinski definition) is 8. The van der Waals surface area contributed by atoms with Crippen molar-refractivity contribution in [3.8, 4) is 5.75 Å². The fourth-order valence-electron chi connectivity index (χ4n) is 5.18. The van der Waals surface area contributed by atoms with Crippen LogP contribution in [0.1, 0.15) is 56.6 Å². The minimum atomic E-state index is -0.796. The monoisotopic (exact) mass is 520 g/mol. The number of hydrogen-bond donors (Lipinski definition) is 1. The lowest BCUT2D eigenvalue weighted by Crippen LogP contribution is -2.36. The molecule has 1 heterocycles. The zero-order valence-corrected chi connectivity index (χ0v) is 22.0. The number of nitrogens with one attached hydrogen (secondary N) is 1. The van der Waals surface area contributed by atoms with Gasteiger partial charge in [0.2, 0.25) is 0 Å². The van der Waals surface area contributed by atoms with Gasteiger partial charge in [-0.05, 0) is 44.4 Å². The summed E-state index contributed by atoms with van der Waals surface area (Å²) in [4.78, 5) is 38.2. The van der Waals surface area contributed by atoms with Gasteiger partial charge in [0, 0.05) is 47.4 Å². The Morgan fingerprint density at radius 1 is 1.13 bits per heavy atom. The summed E-state index contributed by atoms with van der Waals surface area (Å²) in [6.45, 7) is 5.81. The number of Topliss-reactive ketones (excluding diaryl/α,β-unsaturated/α-hetero) is 1. The van der Waals surface area contributed by atoms with Gasteiger partial charge in [0.25, 0.3) is 5.69 Å². The molecule has 0 fully saturated rings. The highest BCUT2D eigenvalue weighted by Crippen LogP contribution is 2.47. The lowest BCUT2D eigenvalue weighted by Gasteiger charge is -2.37. The van der Waals surface area contributed by atoms with E-state index in [2.05, 4.69) is 5.32 Å². The number of methoxy groups -OCH3 is 1. The molecule has 0 saturated heterocycles. The first-order valence-electron chi connectivity index (χ1n) is 12.6. The van der Waals surface area contributed by atoms with Crippen molar-refractivity contribution in [1.82, 2.24) is 5.32 Å². The van der Waals surface area contributed by atoms with Gasteiger partial charge in [-0.25, -0.2) is 4.79 Å². The highest BCUT2D eigenvalue weighted by molar-refractivity contribution is 6.04. The summed E-state index contributed by atoms with van der Waals surface area (Å²) < 4.78 is 16.5. The van der Waals surface area contributed by atoms with Crippen molar-refractivity contribution in [2.75, 3.05) is 20.3 Å². The molecule has 2 aliphatic rings. The summed E-state index contributed by atoms with van der Waals surface area (Å²) in [6.07, 6.45) is 0.734. The zero-order valence-electron chi connectivity index (χ0n) is 22.0. The quantitative estimate of drug-likeness (QED) is 0.214. The van der Waals surface area contributed by atoms with E-state index in [4.69, 9.17) is 14.2 Å². The predicted molar refractivity (Wildman–Crippen MR) is 141 cm³/mol. The third-order valence-electron chi connectivity index (χ3n) is 6.81. The summed E-state index contributed by atoms with van der Waals surface area (Å²) in [5, 5.41) is 14.8. The summed E-state index contributed by atoms with van der Waals surface area (Å²) in [7, 11) is 1.60. The number of benzene rings is 2. The minimum Gasteiger partial charge on any atom is -0.496 e. The number of non-ortho nitro benzene ring substituents is 1. The Kier molecular flexibility index (Phi) is 8.26. The molecule has 0 saturated carbocycles. The molecule has 1 aliphatic carbocycles. The molecule has 200 valence electrons. The first-order chi connectivity index (χ1) is 18.2. The number of carbonyl (C=O) groups is 2. The third kappa shape index (κ3) is 5.62. The Morgan fingerprint density at radius 2 is 1.89 bits per heavy atom. The average Bonchev–Trinajstić information content (AvgIpc) is 2.89. The maximum absolute atomic E-state index is 13.8. The maximum Gasteiger partial charge on any atom is 0.336 e. The second-order valence-electron chi connectivity index (χ2n) is 9.67. The van der Waals surface area contributed by atoms with Crippen molar-refractivity contribution in [1.29, 1.82) is 0 Å². The molecule has 0 amide bonds. The molecule has 1 aliphatic heterocycles. The minimum absolute atomic E-state index is 0.00706. The van der Waals surface area contributed by atoms with Crippen molar-refractivity contribution in [3.05, 3.63) is 92.3 Å². The van der Waals surface area contributed by atoms with E-state index in [1.165, 1.54) is 12.1 Å². The third-order valence-corrected chi connectivity index (χ3v) is 6.81. The second kappa shape index (κ2) is 11.6. The number of para-hydroxylation sites is 1. The van der Waals surface area contributed by atoms with Crippen LogP contribution < -0.4 is 10.1 Å². The van der Waals surface area contributed by atoms with Gasteiger partial charge in [-0.2, -0.15) is 0 Å². The second-order valence-corrected chi connectivity index (χ2v) is 9.67. The number of dihydropyridines is 1. The molecule has 0 radical (unpaired) electrons. The molecule has 38 heavy (non-hydrogen) atoms. The fraction of sp³-hybridized carbons (Fsp3) is 0.379. The van der Waals surface area contributed by atoms with E-state index in [1.54, 1.807) is 26.2 Å². The number of nitrogens with zero attached hydrogens (tertiary/aromatic N) is 1. The number of nitro groups is 1. The van der Waals surface area contributed by atoms with Gasteiger partial charge in [-0.1, -0.05) is 30.3 Å². The molecular formula is C29H32N2O7. The lowest BCUT2D eigenvalue weighted by molar-refractivity contribution is -0.384. The van der Waals surface area contributed by atoms with Crippen molar-refractivity contribution >= 4 is 17.4 Å². The van der Waals surface area contributed by atoms with Crippen LogP contribution in [-0.4, -0.2) is 43.1 Å². The van der Waals surface area contributed by atoms with Crippen LogP contribution in [0, 0.1) is 10.1 Å². The largest absolute Gasteiger partial charge is 0.496 e.